The lowest BCUT2D eigenvalue weighted by Crippen LogP contribution is -2.21. The second kappa shape index (κ2) is 16.3. The number of hydrogen-bond donors (Lipinski definition) is 0. The lowest BCUT2D eigenvalue weighted by Gasteiger charge is -2.28. The van der Waals surface area contributed by atoms with Gasteiger partial charge in [0.25, 0.3) is 0 Å². The summed E-state index contributed by atoms with van der Waals surface area (Å²) in [6.45, 7) is 24.3. The Bertz CT molecular complexity index is 3830. The van der Waals surface area contributed by atoms with Gasteiger partial charge < -0.3 is 28.4 Å². The third kappa shape index (κ3) is 7.43. The monoisotopic (exact) mass is 936 g/mol. The average molecular weight is 937 g/mol. The summed E-state index contributed by atoms with van der Waals surface area (Å²) < 4.78 is 38.5. The van der Waals surface area contributed by atoms with Crippen LogP contribution in [0.1, 0.15) is 105 Å². The van der Waals surface area contributed by atoms with Crippen molar-refractivity contribution in [2.45, 2.75) is 47.0 Å². The molecule has 11 rings (SSSR count). The van der Waals surface area contributed by atoms with Crippen molar-refractivity contribution >= 4 is 83.7 Å². The quantitative estimate of drug-likeness (QED) is 0.0536. The highest BCUT2D eigenvalue weighted by Crippen LogP contribution is 2.57. The van der Waals surface area contributed by atoms with Gasteiger partial charge in [-0.3, -0.25) is 0 Å². The summed E-state index contributed by atoms with van der Waals surface area (Å²) in [6.07, 6.45) is 0. The zero-order valence-electron chi connectivity index (χ0n) is 39.8. The molecule has 0 fully saturated rings. The zero-order valence-corrected chi connectivity index (χ0v) is 39.8. The predicted molar refractivity (Wildman–Crippen MR) is 276 cm³/mol. The first-order chi connectivity index (χ1) is 33.9. The Morgan fingerprint density at radius 3 is 0.831 bits per heavy atom. The van der Waals surface area contributed by atoms with E-state index < -0.39 is 23.9 Å². The van der Waals surface area contributed by atoms with Gasteiger partial charge in [0.15, 0.2) is 0 Å². The Morgan fingerprint density at radius 2 is 0.606 bits per heavy atom. The number of carbonyl (C=O) groups is 4. The third-order valence-corrected chi connectivity index (χ3v) is 13.1. The molecule has 0 N–H and O–H groups in total. The first-order valence-corrected chi connectivity index (χ1v) is 22.9. The van der Waals surface area contributed by atoms with Gasteiger partial charge in [0, 0.05) is 43.1 Å². The molecule has 2 aliphatic heterocycles. The number of cyclic esters (lactones) is 4. The summed E-state index contributed by atoms with van der Waals surface area (Å²) in [5.41, 5.74) is 6.31. The number of allylic oxidation sites excluding steroid dienone is 3. The van der Waals surface area contributed by atoms with Crippen molar-refractivity contribution < 1.29 is 47.6 Å². The van der Waals surface area contributed by atoms with Crippen LogP contribution >= 0.6 is 0 Å². The van der Waals surface area contributed by atoms with Crippen molar-refractivity contribution in [3.8, 4) is 46.0 Å². The average Bonchev–Trinajstić information content (AvgIpc) is 3.33. The van der Waals surface area contributed by atoms with Gasteiger partial charge in [-0.2, -0.15) is 0 Å². The molecule has 0 unspecified atom stereocenters. The maximum atomic E-state index is 14.2. The van der Waals surface area contributed by atoms with E-state index in [-0.39, 0.29) is 61.4 Å². The molecule has 10 nitrogen and oxygen atoms in total. The Morgan fingerprint density at radius 1 is 0.366 bits per heavy atom. The Balaban J connectivity index is 1.35. The van der Waals surface area contributed by atoms with Crippen molar-refractivity contribution in [2.24, 2.45) is 0 Å². The van der Waals surface area contributed by atoms with Gasteiger partial charge in [0.05, 0.1) is 22.3 Å². The van der Waals surface area contributed by atoms with Crippen LogP contribution in [0.15, 0.2) is 141 Å². The zero-order chi connectivity index (χ0) is 49.8. The van der Waals surface area contributed by atoms with Gasteiger partial charge in [0.1, 0.15) is 46.0 Å². The number of hydrogen-bond acceptors (Lipinski definition) is 10. The van der Waals surface area contributed by atoms with Crippen LogP contribution in [0.3, 0.4) is 0 Å². The van der Waals surface area contributed by atoms with Crippen LogP contribution in [0, 0.1) is 0 Å². The summed E-state index contributed by atoms with van der Waals surface area (Å²) >= 11 is 0. The number of esters is 4. The lowest BCUT2D eigenvalue weighted by atomic mass is 9.82. The van der Waals surface area contributed by atoms with Gasteiger partial charge in [-0.1, -0.05) is 106 Å². The van der Waals surface area contributed by atoms with Gasteiger partial charge in [-0.15, -0.1) is 0 Å². The van der Waals surface area contributed by atoms with Crippen molar-refractivity contribution in [1.82, 2.24) is 0 Å². The minimum atomic E-state index is -0.889. The maximum Gasteiger partial charge on any atom is 0.346 e. The SMILES string of the molecule is C=C(C)c1ccc(Oc2cc3c4c(cc(Oc5ccc(C(=C)C)cc5)c5c6c(Oc7ccc(C(C)(C)C)cc7)cc7c8c(cc(Oc9ccc(C(=C)C)cc9)c(c2c45)c86)C(=O)OC7=O)C(=O)OC3=O)cc1. The van der Waals surface area contributed by atoms with Crippen molar-refractivity contribution in [1.29, 1.82) is 0 Å². The van der Waals surface area contributed by atoms with Crippen LogP contribution in [-0.2, 0) is 14.9 Å². The van der Waals surface area contributed by atoms with Gasteiger partial charge >= 0.3 is 23.9 Å². The molecule has 0 atom stereocenters. The fraction of sp³-hybridized carbons (Fsp3) is 0.115. The molecule has 0 aliphatic carbocycles. The molecule has 0 spiro atoms. The minimum Gasteiger partial charge on any atom is -0.457 e. The van der Waals surface area contributed by atoms with E-state index in [9.17, 15) is 19.2 Å². The molecular formula is C61H44O10. The summed E-state index contributed by atoms with van der Waals surface area (Å²) in [4.78, 5) is 56.6. The molecule has 0 radical (unpaired) electrons. The molecule has 0 saturated carbocycles. The van der Waals surface area contributed by atoms with E-state index in [0.717, 1.165) is 39.0 Å². The molecule has 0 bridgehead atoms. The first kappa shape index (κ1) is 44.5. The number of ether oxygens (including phenoxy) is 6. The molecule has 10 heteroatoms. The fourth-order valence-electron chi connectivity index (χ4n) is 9.47. The molecule has 0 amide bonds. The van der Waals surface area contributed by atoms with E-state index in [4.69, 9.17) is 28.4 Å². The second-order valence-electron chi connectivity index (χ2n) is 19.1. The summed E-state index contributed by atoms with van der Waals surface area (Å²) in [5.74, 6) is -1.25. The molecule has 348 valence electrons. The highest BCUT2D eigenvalue weighted by molar-refractivity contribution is 6.43. The Labute approximate surface area is 408 Å². The van der Waals surface area contributed by atoms with Gasteiger partial charge in [-0.05, 0) is 121 Å². The van der Waals surface area contributed by atoms with Crippen molar-refractivity contribution in [2.75, 3.05) is 0 Å². The molecule has 71 heavy (non-hydrogen) atoms. The molecule has 0 saturated heterocycles. The lowest BCUT2D eigenvalue weighted by molar-refractivity contribution is 0.0373. The Hall–Kier alpha value is -9.02. The molecule has 9 aromatic rings. The highest BCUT2D eigenvalue weighted by Gasteiger charge is 2.39. The van der Waals surface area contributed by atoms with Crippen LogP contribution < -0.4 is 18.9 Å². The normalized spacial score (nSPS) is 13.2. The predicted octanol–water partition coefficient (Wildman–Crippen LogP) is 15.9. The maximum absolute atomic E-state index is 14.2. The third-order valence-electron chi connectivity index (χ3n) is 13.1. The molecule has 0 aromatic heterocycles. The van der Waals surface area contributed by atoms with Gasteiger partial charge in [-0.25, -0.2) is 19.2 Å². The van der Waals surface area contributed by atoms with Crippen LogP contribution in [0.4, 0.5) is 0 Å². The van der Waals surface area contributed by atoms with E-state index in [1.54, 1.807) is 60.7 Å². The standard InChI is InChI=1S/C61H44O10/c1-30(2)33-10-18-37(19-11-33)66-45-26-41-49-42(58(63)70-57(41)62)28-47(68-39-22-14-35(15-23-39)32(5)6)53-54-48(69-40-24-16-36(17-25-40)61(7,8)9)29-44-50-43(59(64)71-60(44)65)27-46(52(56(50)54)51(45)55(49)53)67-38-20-12-34(13-21-38)31(3)4/h10-29H,1,3,5H2,2,4,6-9H3. The number of fused-ring (bicyclic) bond motifs is 2. The fourth-order valence-corrected chi connectivity index (χ4v) is 9.47. The first-order valence-electron chi connectivity index (χ1n) is 22.9. The molecular weight excluding hydrogens is 893 g/mol. The van der Waals surface area contributed by atoms with Crippen LogP contribution in [-0.4, -0.2) is 23.9 Å². The van der Waals surface area contributed by atoms with Crippen LogP contribution in [0.2, 0.25) is 0 Å². The van der Waals surface area contributed by atoms with Gasteiger partial charge in [0.2, 0.25) is 0 Å². The van der Waals surface area contributed by atoms with E-state index in [1.165, 1.54) is 0 Å². The smallest absolute Gasteiger partial charge is 0.346 e. The van der Waals surface area contributed by atoms with E-state index in [0.29, 0.717) is 55.3 Å². The largest absolute Gasteiger partial charge is 0.457 e. The summed E-state index contributed by atoms with van der Waals surface area (Å²) in [6, 6.07) is 35.8. The number of benzene rings is 9. The minimum absolute atomic E-state index is 0.0522. The second-order valence-corrected chi connectivity index (χ2v) is 19.1. The van der Waals surface area contributed by atoms with Crippen LogP contribution in [0.25, 0.3) is 59.8 Å². The van der Waals surface area contributed by atoms with E-state index >= 15 is 0 Å². The summed E-state index contributed by atoms with van der Waals surface area (Å²) in [5, 5.41) is 2.73. The number of carbonyl (C=O) groups excluding carboxylic acids is 4. The topological polar surface area (TPSA) is 124 Å². The molecule has 2 aliphatic rings. The van der Waals surface area contributed by atoms with E-state index in [2.05, 4.69) is 40.5 Å². The molecule has 9 aromatic carbocycles. The highest BCUT2D eigenvalue weighted by atomic mass is 16.6. The van der Waals surface area contributed by atoms with Crippen molar-refractivity contribution in [3.63, 3.8) is 0 Å². The summed E-state index contributed by atoms with van der Waals surface area (Å²) in [7, 11) is 0. The number of rotatable bonds is 11. The van der Waals surface area contributed by atoms with Crippen LogP contribution in [0.5, 0.6) is 46.0 Å². The van der Waals surface area contributed by atoms with E-state index in [1.807, 2.05) is 81.4 Å². The molecule has 2 heterocycles. The Kier molecular flexibility index (Phi) is 10.2. The van der Waals surface area contributed by atoms with Crippen molar-refractivity contribution in [3.05, 3.63) is 186 Å².